The second-order valence-electron chi connectivity index (χ2n) is 6.42. The van der Waals surface area contributed by atoms with Gasteiger partial charge in [-0.3, -0.25) is 0 Å². The van der Waals surface area contributed by atoms with Crippen LogP contribution < -0.4 is 5.32 Å². The molecule has 0 atom stereocenters. The Morgan fingerprint density at radius 3 is 2.54 bits per heavy atom. The van der Waals surface area contributed by atoms with Crippen LogP contribution in [-0.2, 0) is 6.42 Å². The lowest BCUT2D eigenvalue weighted by molar-refractivity contribution is 0.190. The molecule has 0 aliphatic carbocycles. The highest BCUT2D eigenvalue weighted by atomic mass is 19.1. The van der Waals surface area contributed by atoms with Gasteiger partial charge in [0.05, 0.1) is 12.1 Å². The fourth-order valence-corrected chi connectivity index (χ4v) is 3.08. The summed E-state index contributed by atoms with van der Waals surface area (Å²) in [6, 6.07) is 7.33. The lowest BCUT2D eigenvalue weighted by Crippen LogP contribution is -2.39. The molecule has 1 aromatic heterocycles. The number of likely N-dealkylation sites (N-methyl/N-ethyl adjacent to an activating group) is 1. The molecule has 2 amide bonds. The number of aromatic amines is 1. The van der Waals surface area contributed by atoms with Crippen LogP contribution in [-0.4, -0.2) is 47.8 Å². The predicted molar refractivity (Wildman–Crippen MR) is 100 cm³/mol. The molecular weight excluding hydrogens is 371 g/mol. The Bertz CT molecular complexity index is 987. The number of aromatic nitrogens is 1. The first-order valence-electron chi connectivity index (χ1n) is 8.76. The molecule has 28 heavy (non-hydrogen) atoms. The smallest absolute Gasteiger partial charge is 0.317 e. The first kappa shape index (κ1) is 19.8. The average Bonchev–Trinajstić information content (AvgIpc) is 3.01. The molecule has 3 N–H and O–H groups in total. The fraction of sp³-hybridized carbons (Fsp3) is 0.250. The van der Waals surface area contributed by atoms with E-state index in [9.17, 15) is 18.0 Å². The van der Waals surface area contributed by atoms with Gasteiger partial charge in [-0.2, -0.15) is 0 Å². The number of aliphatic hydroxyl groups is 1. The number of urea groups is 1. The van der Waals surface area contributed by atoms with Crippen molar-refractivity contribution in [1.82, 2.24) is 15.2 Å². The predicted octanol–water partition coefficient (Wildman–Crippen LogP) is 3.43. The number of rotatable bonds is 6. The van der Waals surface area contributed by atoms with Gasteiger partial charge in [0, 0.05) is 37.3 Å². The monoisotopic (exact) mass is 391 g/mol. The molecule has 8 heteroatoms. The van der Waals surface area contributed by atoms with E-state index in [0.717, 1.165) is 6.07 Å². The number of carbonyl (C=O) groups is 1. The molecule has 0 radical (unpaired) electrons. The molecule has 0 bridgehead atoms. The number of hydrogen-bond donors (Lipinski definition) is 3. The molecule has 0 saturated carbocycles. The summed E-state index contributed by atoms with van der Waals surface area (Å²) in [6.45, 7) is 0.254. The number of nitrogens with zero attached hydrogens (tertiary/aromatic N) is 1. The first-order chi connectivity index (χ1) is 13.4. The Balaban J connectivity index is 1.93. The minimum absolute atomic E-state index is 0.152. The molecule has 0 unspecified atom stereocenters. The van der Waals surface area contributed by atoms with Gasteiger partial charge < -0.3 is 20.3 Å². The second-order valence-corrected chi connectivity index (χ2v) is 6.42. The van der Waals surface area contributed by atoms with Gasteiger partial charge in [0.25, 0.3) is 0 Å². The highest BCUT2D eigenvalue weighted by Gasteiger charge is 2.17. The summed E-state index contributed by atoms with van der Waals surface area (Å²) in [6.07, 6.45) is 0.300. The number of hydrogen-bond acceptors (Lipinski definition) is 2. The Morgan fingerprint density at radius 1 is 1.14 bits per heavy atom. The van der Waals surface area contributed by atoms with E-state index in [4.69, 9.17) is 5.11 Å². The number of benzene rings is 2. The third-order valence-corrected chi connectivity index (χ3v) is 4.50. The quantitative estimate of drug-likeness (QED) is 0.603. The molecular formula is C20H20F3N3O2. The van der Waals surface area contributed by atoms with Crippen molar-refractivity contribution in [3.63, 3.8) is 0 Å². The molecule has 2 aromatic carbocycles. The molecule has 3 rings (SSSR count). The van der Waals surface area contributed by atoms with Crippen molar-refractivity contribution in [2.24, 2.45) is 0 Å². The molecule has 148 valence electrons. The third kappa shape index (κ3) is 4.12. The Morgan fingerprint density at radius 2 is 1.86 bits per heavy atom. The number of halogens is 3. The van der Waals surface area contributed by atoms with E-state index in [1.54, 1.807) is 19.2 Å². The normalized spacial score (nSPS) is 11.0. The van der Waals surface area contributed by atoms with Crippen LogP contribution in [0.5, 0.6) is 0 Å². The SMILES string of the molecule is CN(CCO)C(=O)NCCc1c(-c2ccc(F)cc2)[nH]c2c(F)cc(F)cc12. The van der Waals surface area contributed by atoms with Gasteiger partial charge >= 0.3 is 6.03 Å². The van der Waals surface area contributed by atoms with Gasteiger partial charge in [0.1, 0.15) is 17.5 Å². The van der Waals surface area contributed by atoms with E-state index in [1.807, 2.05) is 0 Å². The van der Waals surface area contributed by atoms with E-state index in [2.05, 4.69) is 10.3 Å². The van der Waals surface area contributed by atoms with E-state index >= 15 is 0 Å². The van der Waals surface area contributed by atoms with Crippen molar-refractivity contribution in [3.05, 3.63) is 59.4 Å². The van der Waals surface area contributed by atoms with Crippen LogP contribution in [0.3, 0.4) is 0 Å². The average molecular weight is 391 g/mol. The molecule has 5 nitrogen and oxygen atoms in total. The van der Waals surface area contributed by atoms with Crippen LogP contribution in [0.25, 0.3) is 22.2 Å². The number of carbonyl (C=O) groups excluding carboxylic acids is 1. The van der Waals surface area contributed by atoms with Crippen LogP contribution in [0.15, 0.2) is 36.4 Å². The number of aliphatic hydroxyl groups excluding tert-OH is 1. The molecule has 0 spiro atoms. The van der Waals surface area contributed by atoms with Crippen LogP contribution in [0, 0.1) is 17.5 Å². The minimum Gasteiger partial charge on any atom is -0.395 e. The lowest BCUT2D eigenvalue weighted by atomic mass is 10.0. The zero-order valence-electron chi connectivity index (χ0n) is 15.2. The maximum absolute atomic E-state index is 14.2. The van der Waals surface area contributed by atoms with E-state index in [1.165, 1.54) is 23.1 Å². The van der Waals surface area contributed by atoms with Gasteiger partial charge in [-0.15, -0.1) is 0 Å². The van der Waals surface area contributed by atoms with Gasteiger partial charge in [-0.05, 0) is 47.9 Å². The van der Waals surface area contributed by atoms with E-state index in [0.29, 0.717) is 28.6 Å². The fourth-order valence-electron chi connectivity index (χ4n) is 3.08. The summed E-state index contributed by atoms with van der Waals surface area (Å²) in [5.74, 6) is -1.84. The van der Waals surface area contributed by atoms with Crippen LogP contribution in [0.2, 0.25) is 0 Å². The van der Waals surface area contributed by atoms with Gasteiger partial charge in [0.2, 0.25) is 0 Å². The van der Waals surface area contributed by atoms with Crippen molar-refractivity contribution in [2.45, 2.75) is 6.42 Å². The third-order valence-electron chi connectivity index (χ3n) is 4.50. The van der Waals surface area contributed by atoms with Crippen LogP contribution in [0.4, 0.5) is 18.0 Å². The number of fused-ring (bicyclic) bond motifs is 1. The van der Waals surface area contributed by atoms with Crippen molar-refractivity contribution in [3.8, 4) is 11.3 Å². The first-order valence-corrected chi connectivity index (χ1v) is 8.76. The molecule has 1 heterocycles. The largest absolute Gasteiger partial charge is 0.395 e. The summed E-state index contributed by atoms with van der Waals surface area (Å²) < 4.78 is 41.3. The summed E-state index contributed by atoms with van der Waals surface area (Å²) in [7, 11) is 1.55. The maximum atomic E-state index is 14.2. The van der Waals surface area contributed by atoms with E-state index in [-0.39, 0.29) is 31.2 Å². The van der Waals surface area contributed by atoms with Gasteiger partial charge in [0.15, 0.2) is 0 Å². The zero-order chi connectivity index (χ0) is 20.3. The Kier molecular flexibility index (Phi) is 5.89. The highest BCUT2D eigenvalue weighted by molar-refractivity contribution is 5.91. The van der Waals surface area contributed by atoms with Crippen LogP contribution >= 0.6 is 0 Å². The summed E-state index contributed by atoms with van der Waals surface area (Å²) in [5.41, 5.74) is 1.93. The van der Waals surface area contributed by atoms with Crippen LogP contribution in [0.1, 0.15) is 5.56 Å². The Hall–Kier alpha value is -3.00. The molecule has 3 aromatic rings. The van der Waals surface area contributed by atoms with E-state index < -0.39 is 17.5 Å². The standard InChI is InChI=1S/C20H20F3N3O2/c1-26(8-9-27)20(28)24-7-6-15-16-10-14(22)11-17(23)19(16)25-18(15)12-2-4-13(21)5-3-12/h2-5,10-11,25,27H,6-9H2,1H3,(H,24,28). The Labute approximate surface area is 159 Å². The number of amides is 2. The van der Waals surface area contributed by atoms with Crippen molar-refractivity contribution >= 4 is 16.9 Å². The second kappa shape index (κ2) is 8.35. The van der Waals surface area contributed by atoms with Gasteiger partial charge in [-0.1, -0.05) is 0 Å². The maximum Gasteiger partial charge on any atom is 0.317 e. The van der Waals surface area contributed by atoms with Crippen molar-refractivity contribution in [1.29, 1.82) is 0 Å². The van der Waals surface area contributed by atoms with Crippen molar-refractivity contribution < 1.29 is 23.1 Å². The molecule has 0 aliphatic rings. The zero-order valence-corrected chi connectivity index (χ0v) is 15.2. The highest BCUT2D eigenvalue weighted by Crippen LogP contribution is 2.32. The minimum atomic E-state index is -0.726. The lowest BCUT2D eigenvalue weighted by Gasteiger charge is -2.16. The van der Waals surface area contributed by atoms with Gasteiger partial charge in [-0.25, -0.2) is 18.0 Å². The molecule has 0 aliphatic heterocycles. The molecule has 0 saturated heterocycles. The molecule has 0 fully saturated rings. The number of nitrogens with one attached hydrogen (secondary N) is 2. The summed E-state index contributed by atoms with van der Waals surface area (Å²) in [5, 5.41) is 12.0. The number of H-pyrrole nitrogens is 1. The topological polar surface area (TPSA) is 68.4 Å². The summed E-state index contributed by atoms with van der Waals surface area (Å²) >= 11 is 0. The summed E-state index contributed by atoms with van der Waals surface area (Å²) in [4.78, 5) is 16.2. The van der Waals surface area contributed by atoms with Crippen molar-refractivity contribution in [2.75, 3.05) is 26.7 Å².